The average molecular weight is 372 g/mol. The second kappa shape index (κ2) is 8.63. The van der Waals surface area contributed by atoms with Crippen LogP contribution in [0.15, 0.2) is 12.3 Å². The Morgan fingerprint density at radius 2 is 1.35 bits per heavy atom. The molecule has 2 nitrogen and oxygen atoms in total. The van der Waals surface area contributed by atoms with Gasteiger partial charge in [0, 0.05) is 17.1 Å². The molecule has 0 heterocycles. The SMILES string of the molecule is C=C[Si](C)(C)C.O=C(C(=O)C(F)(F)CF)C(F)(F)F.[Cu]. The van der Waals surface area contributed by atoms with Crippen LogP contribution in [-0.2, 0) is 26.7 Å². The maximum Gasteiger partial charge on any atom is 0.458 e. The van der Waals surface area contributed by atoms with Crippen LogP contribution in [0.5, 0.6) is 0 Å². The number of halogens is 6. The zero-order valence-corrected chi connectivity index (χ0v) is 12.8. The molecule has 0 aliphatic rings. The Kier molecular flexibility index (Phi) is 10.5. The number of alkyl halides is 6. The molecule has 20 heavy (non-hydrogen) atoms. The van der Waals surface area contributed by atoms with Gasteiger partial charge in [0.1, 0.15) is 0 Å². The maximum absolute atomic E-state index is 11.9. The monoisotopic (exact) mass is 371 g/mol. The number of Topliss-reactive ketones (excluding diaryl/α,β-unsaturated/α-hetero) is 2. The molecule has 123 valence electrons. The summed E-state index contributed by atoms with van der Waals surface area (Å²) in [7, 11) is -0.867. The molecule has 0 aromatic carbocycles. The molecule has 0 spiro atoms. The molecule has 0 saturated heterocycles. The summed E-state index contributed by atoms with van der Waals surface area (Å²) in [6, 6.07) is 0. The Morgan fingerprint density at radius 1 is 1.05 bits per heavy atom. The molecular weight excluding hydrogens is 358 g/mol. The molecule has 0 fully saturated rings. The minimum absolute atomic E-state index is 0. The molecule has 0 N–H and O–H groups in total. The first-order valence-corrected chi connectivity index (χ1v) is 8.50. The zero-order valence-electron chi connectivity index (χ0n) is 10.9. The summed E-state index contributed by atoms with van der Waals surface area (Å²) in [6.07, 6.45) is -5.70. The largest absolute Gasteiger partial charge is 0.458 e. The van der Waals surface area contributed by atoms with E-state index in [1.807, 2.05) is 0 Å². The van der Waals surface area contributed by atoms with Crippen LogP contribution in [0.25, 0.3) is 0 Å². The van der Waals surface area contributed by atoms with Crippen molar-refractivity contribution in [3.63, 3.8) is 0 Å². The topological polar surface area (TPSA) is 34.1 Å². The first-order chi connectivity index (χ1) is 8.19. The van der Waals surface area contributed by atoms with Crippen molar-refractivity contribution in [1.82, 2.24) is 0 Å². The molecule has 0 aromatic rings. The van der Waals surface area contributed by atoms with E-state index < -0.39 is 38.4 Å². The molecular formula is C10H14CuF6O2Si. The van der Waals surface area contributed by atoms with E-state index in [1.54, 1.807) is 0 Å². The smallest absolute Gasteiger partial charge is 0.284 e. The van der Waals surface area contributed by atoms with Gasteiger partial charge in [-0.3, -0.25) is 9.59 Å². The number of carbonyl (C=O) groups is 2. The quantitative estimate of drug-likeness (QED) is 0.431. The Labute approximate surface area is 124 Å². The fraction of sp³-hybridized carbons (Fsp3) is 0.600. The summed E-state index contributed by atoms with van der Waals surface area (Å²) in [4.78, 5) is 19.8. The number of ketones is 2. The summed E-state index contributed by atoms with van der Waals surface area (Å²) in [5, 5.41) is 0. The van der Waals surface area contributed by atoms with Crippen molar-refractivity contribution in [2.24, 2.45) is 0 Å². The van der Waals surface area contributed by atoms with E-state index in [0.29, 0.717) is 0 Å². The van der Waals surface area contributed by atoms with Crippen LogP contribution in [0, 0.1) is 0 Å². The first kappa shape index (κ1) is 24.4. The third kappa shape index (κ3) is 10.2. The van der Waals surface area contributed by atoms with Crippen molar-refractivity contribution in [3.05, 3.63) is 12.3 Å². The van der Waals surface area contributed by atoms with Crippen LogP contribution >= 0.6 is 0 Å². The van der Waals surface area contributed by atoms with Crippen molar-refractivity contribution in [2.45, 2.75) is 31.7 Å². The Bertz CT molecular complexity index is 349. The molecule has 0 aliphatic carbocycles. The van der Waals surface area contributed by atoms with E-state index in [0.717, 1.165) is 0 Å². The number of rotatable bonds is 4. The summed E-state index contributed by atoms with van der Waals surface area (Å²) in [5.41, 5.74) is 2.08. The second-order valence-electron chi connectivity index (χ2n) is 4.56. The van der Waals surface area contributed by atoms with E-state index in [9.17, 15) is 35.9 Å². The van der Waals surface area contributed by atoms with Gasteiger partial charge in [0.15, 0.2) is 6.67 Å². The van der Waals surface area contributed by atoms with Crippen LogP contribution in [0.4, 0.5) is 26.3 Å². The van der Waals surface area contributed by atoms with Gasteiger partial charge in [0.05, 0.1) is 8.07 Å². The molecule has 10 heteroatoms. The molecule has 1 radical (unpaired) electrons. The Morgan fingerprint density at radius 3 is 1.50 bits per heavy atom. The predicted molar refractivity (Wildman–Crippen MR) is 60.5 cm³/mol. The van der Waals surface area contributed by atoms with Crippen LogP contribution in [0.2, 0.25) is 19.6 Å². The van der Waals surface area contributed by atoms with E-state index in [-0.39, 0.29) is 17.1 Å². The fourth-order valence-corrected chi connectivity index (χ4v) is 0.356. The predicted octanol–water partition coefficient (Wildman–Crippen LogP) is 3.34. The van der Waals surface area contributed by atoms with Crippen molar-refractivity contribution in [1.29, 1.82) is 0 Å². The van der Waals surface area contributed by atoms with Gasteiger partial charge in [0.2, 0.25) is 0 Å². The first-order valence-electron chi connectivity index (χ1n) is 4.92. The zero-order chi connectivity index (χ0) is 16.1. The van der Waals surface area contributed by atoms with Crippen molar-refractivity contribution in [2.75, 3.05) is 6.67 Å². The minimum atomic E-state index is -5.70. The molecule has 0 amide bonds. The summed E-state index contributed by atoms with van der Waals surface area (Å²) in [6.45, 7) is 7.85. The molecule has 0 unspecified atom stereocenters. The maximum atomic E-state index is 11.9. The van der Waals surface area contributed by atoms with Gasteiger partial charge in [-0.1, -0.05) is 19.6 Å². The molecule has 0 aromatic heterocycles. The van der Waals surface area contributed by atoms with E-state index in [2.05, 4.69) is 31.9 Å². The van der Waals surface area contributed by atoms with Crippen LogP contribution < -0.4 is 0 Å². The van der Waals surface area contributed by atoms with Crippen molar-refractivity contribution < 1.29 is 53.0 Å². The molecule has 0 bridgehead atoms. The summed E-state index contributed by atoms with van der Waals surface area (Å²) in [5.74, 6) is -11.2. The van der Waals surface area contributed by atoms with Gasteiger partial charge in [-0.2, -0.15) is 22.0 Å². The standard InChI is InChI=1S/C5H2F6O2.C5H12Si.Cu/c6-1-4(7,8)2(12)3(13)5(9,10)11;1-5-6(2,3)4;/h1H2;5H,1H2,2-4H3;. The van der Waals surface area contributed by atoms with Crippen molar-refractivity contribution >= 4 is 19.6 Å². The fourth-order valence-electron chi connectivity index (χ4n) is 0.356. The third-order valence-electron chi connectivity index (χ3n) is 1.58. The van der Waals surface area contributed by atoms with Crippen LogP contribution in [-0.4, -0.2) is 38.4 Å². The van der Waals surface area contributed by atoms with Crippen LogP contribution in [0.3, 0.4) is 0 Å². The Balaban J connectivity index is -0.000000352. The average Bonchev–Trinajstić information content (AvgIpc) is 2.25. The number of hydrogen-bond acceptors (Lipinski definition) is 2. The molecule has 0 aliphatic heterocycles. The van der Waals surface area contributed by atoms with Gasteiger partial charge >= 0.3 is 17.9 Å². The number of hydrogen-bond donors (Lipinski definition) is 0. The van der Waals surface area contributed by atoms with E-state index in [4.69, 9.17) is 0 Å². The summed E-state index contributed by atoms with van der Waals surface area (Å²) < 4.78 is 69.1. The van der Waals surface area contributed by atoms with Gasteiger partial charge in [-0.05, 0) is 0 Å². The van der Waals surface area contributed by atoms with E-state index in [1.165, 1.54) is 0 Å². The van der Waals surface area contributed by atoms with Gasteiger partial charge in [-0.15, -0.1) is 12.3 Å². The van der Waals surface area contributed by atoms with Gasteiger partial charge in [0.25, 0.3) is 5.78 Å². The second-order valence-corrected chi connectivity index (χ2v) is 9.70. The molecule has 0 rings (SSSR count). The van der Waals surface area contributed by atoms with Crippen molar-refractivity contribution in [3.8, 4) is 0 Å². The minimum Gasteiger partial charge on any atom is -0.284 e. The summed E-state index contributed by atoms with van der Waals surface area (Å²) >= 11 is 0. The molecule has 0 saturated carbocycles. The third-order valence-corrected chi connectivity index (χ3v) is 2.80. The Hall–Kier alpha value is -0.604. The van der Waals surface area contributed by atoms with Crippen LogP contribution in [0.1, 0.15) is 0 Å². The van der Waals surface area contributed by atoms with Gasteiger partial charge in [-0.25, -0.2) is 4.39 Å². The van der Waals surface area contributed by atoms with E-state index >= 15 is 0 Å². The van der Waals surface area contributed by atoms with Gasteiger partial charge < -0.3 is 0 Å². The normalized spacial score (nSPS) is 11.7. The number of carbonyl (C=O) groups excluding carboxylic acids is 2. The molecule has 0 atom stereocenters.